The zero-order valence-corrected chi connectivity index (χ0v) is 18.8. The Bertz CT molecular complexity index is 972. The standard InChI is InChI=1S/C20H30N4O3S2/c1-3-5-11-24-18-10-9-16(29(21,26)27)13-17(18)22-20(24)28-14-19(25)23-12-7-6-8-15(23)4-2/h9-10,13,15H,3-8,11-12,14H2,1-2H3,(H2,21,26,27)/t15-/m0/s1. The number of carbonyl (C=O) groups is 1. The number of nitrogens with zero attached hydrogens (tertiary/aromatic N) is 3. The van der Waals surface area contributed by atoms with E-state index in [-0.39, 0.29) is 10.8 Å². The number of piperidine rings is 1. The molecule has 1 atom stereocenters. The van der Waals surface area contributed by atoms with Crippen LogP contribution in [0.15, 0.2) is 28.3 Å². The summed E-state index contributed by atoms with van der Waals surface area (Å²) in [5.41, 5.74) is 1.46. The number of fused-ring (bicyclic) bond motifs is 1. The molecular weight excluding hydrogens is 408 g/mol. The fraction of sp³-hybridized carbons (Fsp3) is 0.600. The largest absolute Gasteiger partial charge is 0.339 e. The molecule has 9 heteroatoms. The van der Waals surface area contributed by atoms with Gasteiger partial charge in [-0.1, -0.05) is 32.0 Å². The Morgan fingerprint density at radius 3 is 2.79 bits per heavy atom. The molecule has 2 N–H and O–H groups in total. The van der Waals surface area contributed by atoms with Gasteiger partial charge >= 0.3 is 0 Å². The van der Waals surface area contributed by atoms with Gasteiger partial charge in [0.1, 0.15) is 0 Å². The highest BCUT2D eigenvalue weighted by Gasteiger charge is 2.25. The lowest BCUT2D eigenvalue weighted by Gasteiger charge is -2.35. The fourth-order valence-corrected chi connectivity index (χ4v) is 5.33. The number of nitrogens with two attached hydrogens (primary N) is 1. The summed E-state index contributed by atoms with van der Waals surface area (Å²) in [6.45, 7) is 5.87. The molecule has 1 fully saturated rings. The number of unbranched alkanes of at least 4 members (excludes halogenated alkanes) is 1. The molecule has 160 valence electrons. The summed E-state index contributed by atoms with van der Waals surface area (Å²) in [5.74, 6) is 0.495. The summed E-state index contributed by atoms with van der Waals surface area (Å²) < 4.78 is 25.4. The van der Waals surface area contributed by atoms with Gasteiger partial charge in [0.05, 0.1) is 21.7 Å². The van der Waals surface area contributed by atoms with Crippen molar-refractivity contribution in [3.8, 4) is 0 Å². The fourth-order valence-electron chi connectivity index (χ4n) is 3.87. The number of hydrogen-bond donors (Lipinski definition) is 1. The van der Waals surface area contributed by atoms with Gasteiger partial charge in [-0.15, -0.1) is 0 Å². The van der Waals surface area contributed by atoms with Gasteiger partial charge in [-0.3, -0.25) is 4.79 Å². The topological polar surface area (TPSA) is 98.3 Å². The van der Waals surface area contributed by atoms with Gasteiger partial charge in [0.25, 0.3) is 0 Å². The van der Waals surface area contributed by atoms with Crippen LogP contribution in [0.4, 0.5) is 0 Å². The number of hydrogen-bond acceptors (Lipinski definition) is 5. The number of primary sulfonamides is 1. The minimum absolute atomic E-state index is 0.0527. The van der Waals surface area contributed by atoms with Crippen molar-refractivity contribution in [1.29, 1.82) is 0 Å². The number of likely N-dealkylation sites (tertiary alicyclic amines) is 1. The zero-order valence-electron chi connectivity index (χ0n) is 17.1. The Morgan fingerprint density at radius 1 is 1.31 bits per heavy atom. The third kappa shape index (κ3) is 5.13. The first-order chi connectivity index (χ1) is 13.8. The van der Waals surface area contributed by atoms with Gasteiger partial charge in [0.15, 0.2) is 5.16 Å². The van der Waals surface area contributed by atoms with Crippen molar-refractivity contribution >= 4 is 38.7 Å². The number of aromatic nitrogens is 2. The number of rotatable bonds is 8. The Hall–Kier alpha value is -1.58. The van der Waals surface area contributed by atoms with Crippen LogP contribution >= 0.6 is 11.8 Å². The van der Waals surface area contributed by atoms with E-state index < -0.39 is 10.0 Å². The molecule has 1 amide bonds. The van der Waals surface area contributed by atoms with Gasteiger partial charge in [0, 0.05) is 19.1 Å². The van der Waals surface area contributed by atoms with Gasteiger partial charge in [-0.2, -0.15) is 0 Å². The van der Waals surface area contributed by atoms with Gasteiger partial charge in [-0.05, 0) is 50.3 Å². The Labute approximate surface area is 177 Å². The molecule has 1 aromatic carbocycles. The summed E-state index contributed by atoms with van der Waals surface area (Å²) in [4.78, 5) is 19.5. The minimum atomic E-state index is -3.78. The van der Waals surface area contributed by atoms with Crippen molar-refractivity contribution in [2.24, 2.45) is 5.14 Å². The van der Waals surface area contributed by atoms with Crippen molar-refractivity contribution in [3.63, 3.8) is 0 Å². The molecule has 0 spiro atoms. The first-order valence-corrected chi connectivity index (χ1v) is 12.8. The van der Waals surface area contributed by atoms with Gasteiger partial charge in [0.2, 0.25) is 15.9 Å². The van der Waals surface area contributed by atoms with Crippen LogP contribution in [0, 0.1) is 0 Å². The molecule has 7 nitrogen and oxygen atoms in total. The summed E-state index contributed by atoms with van der Waals surface area (Å²) in [7, 11) is -3.78. The first kappa shape index (κ1) is 22.1. The minimum Gasteiger partial charge on any atom is -0.339 e. The van der Waals surface area contributed by atoms with E-state index in [2.05, 4.69) is 23.4 Å². The molecule has 29 heavy (non-hydrogen) atoms. The molecule has 2 aromatic rings. The normalized spacial score (nSPS) is 17.8. The molecule has 1 aliphatic rings. The number of aryl methyl sites for hydroxylation is 1. The van der Waals surface area contributed by atoms with Crippen LogP contribution in [0.25, 0.3) is 11.0 Å². The highest BCUT2D eigenvalue weighted by Crippen LogP contribution is 2.28. The highest BCUT2D eigenvalue weighted by molar-refractivity contribution is 7.99. The van der Waals surface area contributed by atoms with E-state index in [9.17, 15) is 13.2 Å². The second-order valence-corrected chi connectivity index (χ2v) is 10.0. The second kappa shape index (κ2) is 9.49. The molecule has 0 unspecified atom stereocenters. The number of sulfonamides is 1. The zero-order chi connectivity index (χ0) is 21.0. The molecular formula is C20H30N4O3S2. The van der Waals surface area contributed by atoms with Crippen LogP contribution in [0.2, 0.25) is 0 Å². The van der Waals surface area contributed by atoms with E-state index in [1.807, 2.05) is 4.90 Å². The van der Waals surface area contributed by atoms with Crippen molar-refractivity contribution in [2.45, 2.75) is 75.0 Å². The summed E-state index contributed by atoms with van der Waals surface area (Å²) in [6, 6.07) is 5.12. The summed E-state index contributed by atoms with van der Waals surface area (Å²) in [5, 5.41) is 6.01. The maximum atomic E-state index is 12.8. The van der Waals surface area contributed by atoms with Crippen LogP contribution in [0.5, 0.6) is 0 Å². The predicted octanol–water partition coefficient (Wildman–Crippen LogP) is 3.37. The predicted molar refractivity (Wildman–Crippen MR) is 116 cm³/mol. The number of amides is 1. The molecule has 1 saturated heterocycles. The quantitative estimate of drug-likeness (QED) is 0.637. The highest BCUT2D eigenvalue weighted by atomic mass is 32.2. The van der Waals surface area contributed by atoms with E-state index in [0.717, 1.165) is 55.9 Å². The first-order valence-electron chi connectivity index (χ1n) is 10.3. The maximum absolute atomic E-state index is 12.8. The SMILES string of the molecule is CCCCn1c(SCC(=O)N2CCCC[C@@H]2CC)nc2cc(S(N)(=O)=O)ccc21. The molecule has 1 aliphatic heterocycles. The lowest BCUT2D eigenvalue weighted by molar-refractivity contribution is -0.132. The third-order valence-corrected chi connectivity index (χ3v) is 7.36. The molecule has 0 radical (unpaired) electrons. The monoisotopic (exact) mass is 438 g/mol. The molecule has 0 saturated carbocycles. The molecule has 3 rings (SSSR count). The molecule has 0 aliphatic carbocycles. The Kier molecular flexibility index (Phi) is 7.23. The van der Waals surface area contributed by atoms with Crippen molar-refractivity contribution in [3.05, 3.63) is 18.2 Å². The third-order valence-electron chi connectivity index (χ3n) is 5.49. The van der Waals surface area contributed by atoms with Gasteiger partial charge < -0.3 is 9.47 Å². The maximum Gasteiger partial charge on any atom is 0.238 e. The smallest absolute Gasteiger partial charge is 0.238 e. The average molecular weight is 439 g/mol. The van der Waals surface area contributed by atoms with Crippen molar-refractivity contribution < 1.29 is 13.2 Å². The number of benzene rings is 1. The Balaban J connectivity index is 1.84. The van der Waals surface area contributed by atoms with Crippen LogP contribution in [-0.2, 0) is 21.4 Å². The van der Waals surface area contributed by atoms with Crippen LogP contribution in [-0.4, -0.2) is 47.1 Å². The summed E-state index contributed by atoms with van der Waals surface area (Å²) >= 11 is 1.43. The van der Waals surface area contributed by atoms with E-state index in [1.54, 1.807) is 6.07 Å². The van der Waals surface area contributed by atoms with Crippen LogP contribution < -0.4 is 5.14 Å². The molecule has 2 heterocycles. The lowest BCUT2D eigenvalue weighted by atomic mass is 10.0. The number of thioether (sulfide) groups is 1. The summed E-state index contributed by atoms with van der Waals surface area (Å²) in [6.07, 6.45) is 6.34. The van der Waals surface area contributed by atoms with E-state index >= 15 is 0 Å². The molecule has 0 bridgehead atoms. The van der Waals surface area contributed by atoms with Crippen LogP contribution in [0.1, 0.15) is 52.4 Å². The van der Waals surface area contributed by atoms with E-state index in [4.69, 9.17) is 5.14 Å². The van der Waals surface area contributed by atoms with Gasteiger partial charge in [-0.25, -0.2) is 18.5 Å². The van der Waals surface area contributed by atoms with Crippen molar-refractivity contribution in [1.82, 2.24) is 14.5 Å². The van der Waals surface area contributed by atoms with E-state index in [1.165, 1.54) is 30.3 Å². The number of carbonyl (C=O) groups excluding carboxylic acids is 1. The van der Waals surface area contributed by atoms with Crippen LogP contribution in [0.3, 0.4) is 0 Å². The lowest BCUT2D eigenvalue weighted by Crippen LogP contribution is -2.44. The second-order valence-electron chi connectivity index (χ2n) is 7.53. The average Bonchev–Trinajstić information content (AvgIpc) is 3.06. The molecule has 1 aromatic heterocycles. The van der Waals surface area contributed by atoms with E-state index in [0.29, 0.717) is 17.3 Å². The Morgan fingerprint density at radius 2 is 2.10 bits per heavy atom. The van der Waals surface area contributed by atoms with Crippen molar-refractivity contribution in [2.75, 3.05) is 12.3 Å². The number of imidazole rings is 1.